The number of nitrogens with zero attached hydrogens (tertiary/aromatic N) is 4. The van der Waals surface area contributed by atoms with Crippen LogP contribution in [0.1, 0.15) is 11.8 Å². The van der Waals surface area contributed by atoms with Crippen LogP contribution in [0.2, 0.25) is 0 Å². The number of ether oxygens (including phenoxy) is 1. The van der Waals surface area contributed by atoms with Crippen molar-refractivity contribution in [3.8, 4) is 0 Å². The molecule has 0 radical (unpaired) electrons. The minimum Gasteiger partial charge on any atom is -0.394 e. The van der Waals surface area contributed by atoms with Crippen LogP contribution in [-0.2, 0) is 19.0 Å². The van der Waals surface area contributed by atoms with Crippen LogP contribution in [0, 0.1) is 6.92 Å². The van der Waals surface area contributed by atoms with E-state index in [-0.39, 0.29) is 32.6 Å². The molecule has 166 valence electrons. The number of benzene rings is 1. The highest BCUT2D eigenvalue weighted by atomic mass is 79.9. The molecule has 2 aromatic heterocycles. The minimum absolute atomic E-state index is 0.00366. The molecule has 1 aliphatic heterocycles. The second kappa shape index (κ2) is 7.96. The lowest BCUT2D eigenvalue weighted by atomic mass is 10.1. The Morgan fingerprint density at radius 3 is 2.55 bits per heavy atom. The number of hydrogen-bond acceptors (Lipinski definition) is 11. The molecule has 0 unspecified atom stereocenters. The summed E-state index contributed by atoms with van der Waals surface area (Å²) in [6, 6.07) is 6.02. The number of nitrogens with two attached hydrogens (primary N) is 2. The maximum Gasteiger partial charge on any atom is 0.297 e. The Morgan fingerprint density at radius 2 is 1.90 bits per heavy atom. The second-order valence-corrected chi connectivity index (χ2v) is 9.24. The van der Waals surface area contributed by atoms with Gasteiger partial charge in [0.2, 0.25) is 5.95 Å². The van der Waals surface area contributed by atoms with Gasteiger partial charge in [0, 0.05) is 0 Å². The lowest BCUT2D eigenvalue weighted by molar-refractivity contribution is -0.0492. The highest BCUT2D eigenvalue weighted by Gasteiger charge is 2.49. The van der Waals surface area contributed by atoms with Gasteiger partial charge in [0.1, 0.15) is 12.2 Å². The summed E-state index contributed by atoms with van der Waals surface area (Å²) in [5.41, 5.74) is 12.7. The Labute approximate surface area is 185 Å². The molecule has 4 atom stereocenters. The molecule has 12 nitrogen and oxygen atoms in total. The van der Waals surface area contributed by atoms with E-state index in [1.807, 2.05) is 6.92 Å². The lowest BCUT2D eigenvalue weighted by Crippen LogP contribution is -2.37. The smallest absolute Gasteiger partial charge is 0.297 e. The van der Waals surface area contributed by atoms with Gasteiger partial charge in [-0.15, -0.1) is 0 Å². The Morgan fingerprint density at radius 1 is 1.23 bits per heavy atom. The molecule has 1 aromatic carbocycles. The Balaban J connectivity index is 1.79. The third-order valence-corrected chi connectivity index (χ3v) is 6.72. The summed E-state index contributed by atoms with van der Waals surface area (Å²) in [4.78, 5) is 12.1. The molecule has 6 N–H and O–H groups in total. The average Bonchev–Trinajstić information content (AvgIpc) is 3.18. The number of anilines is 2. The maximum atomic E-state index is 12.9. The predicted molar refractivity (Wildman–Crippen MR) is 112 cm³/mol. The van der Waals surface area contributed by atoms with E-state index in [0.717, 1.165) is 5.56 Å². The number of halogens is 1. The highest BCUT2D eigenvalue weighted by Crippen LogP contribution is 2.38. The molecule has 1 saturated heterocycles. The SMILES string of the molecule is Cc1ccc(S(=O)(=O)O[C@@H]2[C@H](O)[C@@H](CO)O[C@H]2n2c(Br)nc3c(N)nc(N)nc32)cc1. The van der Waals surface area contributed by atoms with Crippen molar-refractivity contribution in [2.45, 2.75) is 36.4 Å². The van der Waals surface area contributed by atoms with Crippen LogP contribution in [0.25, 0.3) is 11.2 Å². The molecule has 3 aromatic rings. The zero-order chi connectivity index (χ0) is 22.5. The third kappa shape index (κ3) is 3.86. The number of aryl methyl sites for hydroxylation is 1. The van der Waals surface area contributed by atoms with Gasteiger partial charge in [-0.05, 0) is 35.0 Å². The molecule has 1 aliphatic rings. The third-order valence-electron chi connectivity index (χ3n) is 4.84. The molecule has 4 rings (SSSR count). The van der Waals surface area contributed by atoms with Crippen LogP contribution in [0.4, 0.5) is 11.8 Å². The number of nitrogen functional groups attached to an aromatic ring is 2. The number of rotatable bonds is 5. The van der Waals surface area contributed by atoms with E-state index in [9.17, 15) is 18.6 Å². The number of imidazole rings is 1. The molecule has 3 heterocycles. The summed E-state index contributed by atoms with van der Waals surface area (Å²) < 4.78 is 38.3. The molecular weight excluding hydrogens is 496 g/mol. The number of aliphatic hydroxyl groups is 2. The first-order valence-corrected chi connectivity index (χ1v) is 11.2. The van der Waals surface area contributed by atoms with Gasteiger partial charge >= 0.3 is 0 Å². The molecule has 1 fully saturated rings. The van der Waals surface area contributed by atoms with Gasteiger partial charge in [0.25, 0.3) is 10.1 Å². The van der Waals surface area contributed by atoms with Crippen molar-refractivity contribution in [3.63, 3.8) is 0 Å². The van der Waals surface area contributed by atoms with Crippen LogP contribution < -0.4 is 11.5 Å². The van der Waals surface area contributed by atoms with Gasteiger partial charge in [0.15, 0.2) is 34.0 Å². The summed E-state index contributed by atoms with van der Waals surface area (Å²) in [6.45, 7) is 1.24. The van der Waals surface area contributed by atoms with E-state index >= 15 is 0 Å². The fraction of sp³-hybridized carbons (Fsp3) is 0.353. The van der Waals surface area contributed by atoms with Crippen molar-refractivity contribution in [2.24, 2.45) is 0 Å². The van der Waals surface area contributed by atoms with Gasteiger partial charge in [-0.2, -0.15) is 18.4 Å². The van der Waals surface area contributed by atoms with Gasteiger partial charge in [-0.25, -0.2) is 4.98 Å². The zero-order valence-corrected chi connectivity index (χ0v) is 18.5. The molecule has 0 aliphatic carbocycles. The number of hydrogen-bond donors (Lipinski definition) is 4. The van der Waals surface area contributed by atoms with Gasteiger partial charge in [0.05, 0.1) is 11.5 Å². The lowest BCUT2D eigenvalue weighted by Gasteiger charge is -2.22. The van der Waals surface area contributed by atoms with Crippen molar-refractivity contribution in [1.29, 1.82) is 0 Å². The van der Waals surface area contributed by atoms with Crippen LogP contribution in [0.5, 0.6) is 0 Å². The standard InChI is InChI=1S/C17H19BrN6O6S/c1-7-2-4-8(5-3-7)31(27,28)30-12-11(26)9(6-25)29-15(12)24-14-10(21-16(24)18)13(19)22-17(20)23-14/h2-5,9,11-12,15,25-26H,6H2,1H3,(H4,19,20,22,23)/t9-,11-,12-,15-/m1/s1. The first-order chi connectivity index (χ1) is 14.6. The number of fused-ring (bicyclic) bond motifs is 1. The summed E-state index contributed by atoms with van der Waals surface area (Å²) in [7, 11) is -4.28. The van der Waals surface area contributed by atoms with E-state index in [4.69, 9.17) is 20.4 Å². The molecule has 0 saturated carbocycles. The largest absolute Gasteiger partial charge is 0.394 e. The first-order valence-electron chi connectivity index (χ1n) is 9.03. The number of aromatic nitrogens is 4. The highest BCUT2D eigenvalue weighted by molar-refractivity contribution is 9.10. The van der Waals surface area contributed by atoms with E-state index in [1.165, 1.54) is 16.7 Å². The monoisotopic (exact) mass is 514 g/mol. The first kappa shape index (κ1) is 21.9. The summed E-state index contributed by atoms with van der Waals surface area (Å²) in [6.07, 6.45) is -5.27. The van der Waals surface area contributed by atoms with Crippen molar-refractivity contribution >= 4 is 49.0 Å². The molecule has 0 spiro atoms. The summed E-state index contributed by atoms with van der Waals surface area (Å²) >= 11 is 3.26. The Kier molecular flexibility index (Phi) is 5.61. The minimum atomic E-state index is -4.28. The van der Waals surface area contributed by atoms with Crippen LogP contribution in [0.15, 0.2) is 33.9 Å². The fourth-order valence-corrected chi connectivity index (χ4v) is 4.93. The Bertz CT molecular complexity index is 1230. The van der Waals surface area contributed by atoms with E-state index in [1.54, 1.807) is 12.1 Å². The topological polar surface area (TPSA) is 189 Å². The molecule has 14 heteroatoms. The van der Waals surface area contributed by atoms with Crippen molar-refractivity contribution in [2.75, 3.05) is 18.1 Å². The van der Waals surface area contributed by atoms with Crippen molar-refractivity contribution in [1.82, 2.24) is 19.5 Å². The second-order valence-electron chi connectivity index (χ2n) is 6.96. The van der Waals surface area contributed by atoms with Crippen LogP contribution >= 0.6 is 15.9 Å². The van der Waals surface area contributed by atoms with Gasteiger partial charge in [-0.1, -0.05) is 17.7 Å². The molecule has 0 bridgehead atoms. The molecule has 0 amide bonds. The van der Waals surface area contributed by atoms with Crippen molar-refractivity contribution < 1.29 is 27.6 Å². The van der Waals surface area contributed by atoms with Gasteiger partial charge < -0.3 is 26.4 Å². The van der Waals surface area contributed by atoms with Crippen molar-refractivity contribution in [3.05, 3.63) is 34.6 Å². The Hall–Kier alpha value is -2.36. The molecule has 31 heavy (non-hydrogen) atoms. The normalized spacial score (nSPS) is 24.1. The quantitative estimate of drug-likeness (QED) is 0.266. The van der Waals surface area contributed by atoms with Gasteiger partial charge in [-0.3, -0.25) is 8.75 Å². The number of aliphatic hydroxyl groups excluding tert-OH is 2. The summed E-state index contributed by atoms with van der Waals surface area (Å²) in [5.74, 6) is -0.135. The van der Waals surface area contributed by atoms with Crippen LogP contribution in [0.3, 0.4) is 0 Å². The molecular formula is C17H19BrN6O6S. The predicted octanol–water partition coefficient (Wildman–Crippen LogP) is 0.0863. The van der Waals surface area contributed by atoms with E-state index in [0.29, 0.717) is 0 Å². The fourth-order valence-electron chi connectivity index (χ4n) is 3.30. The van der Waals surface area contributed by atoms with E-state index in [2.05, 4.69) is 30.9 Å². The maximum absolute atomic E-state index is 12.9. The summed E-state index contributed by atoms with van der Waals surface area (Å²) in [5, 5.41) is 20.2. The average molecular weight is 515 g/mol. The zero-order valence-electron chi connectivity index (χ0n) is 16.1. The van der Waals surface area contributed by atoms with Crippen LogP contribution in [-0.4, -0.2) is 63.1 Å². The van der Waals surface area contributed by atoms with E-state index < -0.39 is 41.3 Å².